The number of morpholine rings is 1. The predicted molar refractivity (Wildman–Crippen MR) is 86.4 cm³/mol. The normalized spacial score (nSPS) is 18.0. The lowest BCUT2D eigenvalue weighted by Crippen LogP contribution is -2.52. The summed E-state index contributed by atoms with van der Waals surface area (Å²) in [5, 5.41) is 5.49. The molecule has 1 fully saturated rings. The summed E-state index contributed by atoms with van der Waals surface area (Å²) < 4.78 is 5.35. The van der Waals surface area contributed by atoms with E-state index in [-0.39, 0.29) is 23.9 Å². The Morgan fingerprint density at radius 1 is 1.22 bits per heavy atom. The summed E-state index contributed by atoms with van der Waals surface area (Å²) >= 11 is 0. The van der Waals surface area contributed by atoms with Gasteiger partial charge in [0.1, 0.15) is 5.69 Å². The van der Waals surface area contributed by atoms with Crippen LogP contribution in [0.1, 0.15) is 34.7 Å². The van der Waals surface area contributed by atoms with E-state index in [2.05, 4.69) is 27.4 Å². The first-order chi connectivity index (χ1) is 11.0. The van der Waals surface area contributed by atoms with E-state index in [1.54, 1.807) is 19.2 Å². The van der Waals surface area contributed by atoms with Crippen LogP contribution in [0.2, 0.25) is 0 Å². The molecule has 2 amide bonds. The van der Waals surface area contributed by atoms with Gasteiger partial charge in [-0.2, -0.15) is 0 Å². The summed E-state index contributed by atoms with van der Waals surface area (Å²) in [5.74, 6) is -0.458. The van der Waals surface area contributed by atoms with Crippen LogP contribution >= 0.6 is 0 Å². The van der Waals surface area contributed by atoms with Gasteiger partial charge in [0.2, 0.25) is 0 Å². The maximum absolute atomic E-state index is 12.3. The van der Waals surface area contributed by atoms with Crippen LogP contribution in [0.25, 0.3) is 0 Å². The molecule has 2 rings (SSSR count). The molecule has 2 atom stereocenters. The molecule has 0 aliphatic carbocycles. The van der Waals surface area contributed by atoms with Crippen molar-refractivity contribution in [1.82, 2.24) is 20.5 Å². The van der Waals surface area contributed by atoms with Crippen LogP contribution in [0, 0.1) is 0 Å². The van der Waals surface area contributed by atoms with Crippen LogP contribution in [0.4, 0.5) is 0 Å². The van der Waals surface area contributed by atoms with E-state index in [4.69, 9.17) is 4.74 Å². The molecular formula is C16H24N4O3. The Bertz CT molecular complexity index is 541. The third-order valence-corrected chi connectivity index (χ3v) is 4.19. The minimum Gasteiger partial charge on any atom is -0.379 e. The van der Waals surface area contributed by atoms with E-state index in [9.17, 15) is 9.59 Å². The van der Waals surface area contributed by atoms with Crippen LogP contribution < -0.4 is 10.6 Å². The number of rotatable bonds is 5. The topological polar surface area (TPSA) is 83.6 Å². The molecule has 126 valence electrons. The van der Waals surface area contributed by atoms with Gasteiger partial charge in [-0.05, 0) is 26.0 Å². The quantitative estimate of drug-likeness (QED) is 0.814. The molecule has 1 aliphatic rings. The average Bonchev–Trinajstić information content (AvgIpc) is 2.61. The van der Waals surface area contributed by atoms with Gasteiger partial charge in [0.25, 0.3) is 11.8 Å². The molecule has 2 N–H and O–H groups in total. The smallest absolute Gasteiger partial charge is 0.269 e. The van der Waals surface area contributed by atoms with Crippen molar-refractivity contribution in [1.29, 1.82) is 0 Å². The number of aromatic nitrogens is 1. The van der Waals surface area contributed by atoms with E-state index in [1.165, 1.54) is 6.20 Å². The molecule has 0 saturated carbocycles. The second-order valence-electron chi connectivity index (χ2n) is 5.66. The molecule has 0 radical (unpaired) electrons. The second-order valence-corrected chi connectivity index (χ2v) is 5.66. The van der Waals surface area contributed by atoms with Gasteiger partial charge in [-0.15, -0.1) is 0 Å². The summed E-state index contributed by atoms with van der Waals surface area (Å²) in [6.07, 6.45) is 1.42. The van der Waals surface area contributed by atoms with Crippen molar-refractivity contribution in [2.24, 2.45) is 0 Å². The molecular weight excluding hydrogens is 296 g/mol. The Hall–Kier alpha value is -1.99. The molecule has 1 saturated heterocycles. The van der Waals surface area contributed by atoms with Crippen molar-refractivity contribution in [3.63, 3.8) is 0 Å². The van der Waals surface area contributed by atoms with Crippen molar-refractivity contribution >= 4 is 11.8 Å². The zero-order valence-corrected chi connectivity index (χ0v) is 13.8. The standard InChI is InChI=1S/C16H24N4O3/c1-11(12(2)20-6-8-23-9-7-20)19-15(21)13-4-5-14(18-10-13)16(22)17-3/h4-5,10-12H,6-9H2,1-3H3,(H,17,22)(H,19,21). The summed E-state index contributed by atoms with van der Waals surface area (Å²) in [6, 6.07) is 3.38. The zero-order valence-electron chi connectivity index (χ0n) is 13.8. The van der Waals surface area contributed by atoms with Crippen LogP contribution in [0.5, 0.6) is 0 Å². The summed E-state index contributed by atoms with van der Waals surface area (Å²) in [5.41, 5.74) is 0.734. The van der Waals surface area contributed by atoms with Gasteiger partial charge in [0, 0.05) is 38.4 Å². The van der Waals surface area contributed by atoms with E-state index in [0.717, 1.165) is 26.3 Å². The maximum atomic E-state index is 12.3. The van der Waals surface area contributed by atoms with Crippen molar-refractivity contribution in [2.45, 2.75) is 25.9 Å². The number of hydrogen-bond acceptors (Lipinski definition) is 5. The molecule has 7 heteroatoms. The van der Waals surface area contributed by atoms with Crippen LogP contribution in [-0.2, 0) is 4.74 Å². The van der Waals surface area contributed by atoms with Crippen molar-refractivity contribution < 1.29 is 14.3 Å². The highest BCUT2D eigenvalue weighted by Crippen LogP contribution is 2.09. The highest BCUT2D eigenvalue weighted by Gasteiger charge is 2.23. The van der Waals surface area contributed by atoms with Gasteiger partial charge >= 0.3 is 0 Å². The lowest BCUT2D eigenvalue weighted by molar-refractivity contribution is 0.0137. The summed E-state index contributed by atoms with van der Waals surface area (Å²) in [4.78, 5) is 30.1. The van der Waals surface area contributed by atoms with E-state index < -0.39 is 0 Å². The SMILES string of the molecule is CNC(=O)c1ccc(C(=O)NC(C)C(C)N2CCOCC2)cn1. The predicted octanol–water partition coefficient (Wildman–Crippen LogP) is 0.280. The van der Waals surface area contributed by atoms with Crippen LogP contribution in [-0.4, -0.2) is 67.1 Å². The molecule has 0 bridgehead atoms. The second kappa shape index (κ2) is 8.03. The number of hydrogen-bond donors (Lipinski definition) is 2. The minimum absolute atomic E-state index is 0.000725. The number of ether oxygens (including phenoxy) is 1. The van der Waals surface area contributed by atoms with E-state index in [0.29, 0.717) is 11.3 Å². The molecule has 2 heterocycles. The third-order valence-electron chi connectivity index (χ3n) is 4.19. The Morgan fingerprint density at radius 2 is 1.91 bits per heavy atom. The van der Waals surface area contributed by atoms with Crippen molar-refractivity contribution in [3.05, 3.63) is 29.6 Å². The maximum Gasteiger partial charge on any atom is 0.269 e. The first-order valence-corrected chi connectivity index (χ1v) is 7.83. The minimum atomic E-state index is -0.272. The molecule has 23 heavy (non-hydrogen) atoms. The lowest BCUT2D eigenvalue weighted by atomic mass is 10.1. The number of carbonyl (C=O) groups is 2. The van der Waals surface area contributed by atoms with Crippen LogP contribution in [0.15, 0.2) is 18.3 Å². The molecule has 0 aromatic carbocycles. The molecule has 0 spiro atoms. The number of amides is 2. The first kappa shape index (κ1) is 17.4. The third kappa shape index (κ3) is 4.49. The highest BCUT2D eigenvalue weighted by atomic mass is 16.5. The summed E-state index contributed by atoms with van der Waals surface area (Å²) in [6.45, 7) is 7.31. The van der Waals surface area contributed by atoms with E-state index in [1.807, 2.05) is 6.92 Å². The van der Waals surface area contributed by atoms with Gasteiger partial charge in [0.15, 0.2) is 0 Å². The van der Waals surface area contributed by atoms with Crippen LogP contribution in [0.3, 0.4) is 0 Å². The number of nitrogens with one attached hydrogen (secondary N) is 2. The Labute approximate surface area is 136 Å². The lowest BCUT2D eigenvalue weighted by Gasteiger charge is -2.35. The largest absolute Gasteiger partial charge is 0.379 e. The Balaban J connectivity index is 1.93. The number of pyridine rings is 1. The highest BCUT2D eigenvalue weighted by molar-refractivity contribution is 5.96. The summed E-state index contributed by atoms with van der Waals surface area (Å²) in [7, 11) is 1.54. The first-order valence-electron chi connectivity index (χ1n) is 7.83. The average molecular weight is 320 g/mol. The molecule has 1 aliphatic heterocycles. The van der Waals surface area contributed by atoms with Crippen molar-refractivity contribution in [3.8, 4) is 0 Å². The van der Waals surface area contributed by atoms with Gasteiger partial charge in [-0.3, -0.25) is 19.5 Å². The van der Waals surface area contributed by atoms with Gasteiger partial charge in [0.05, 0.1) is 18.8 Å². The molecule has 1 aromatic rings. The Kier molecular flexibility index (Phi) is 6.06. The fourth-order valence-electron chi connectivity index (χ4n) is 2.50. The monoisotopic (exact) mass is 320 g/mol. The van der Waals surface area contributed by atoms with Crippen molar-refractivity contribution in [2.75, 3.05) is 33.4 Å². The fourth-order valence-corrected chi connectivity index (χ4v) is 2.50. The Morgan fingerprint density at radius 3 is 2.48 bits per heavy atom. The number of carbonyl (C=O) groups excluding carboxylic acids is 2. The van der Waals surface area contributed by atoms with Gasteiger partial charge in [-0.1, -0.05) is 0 Å². The van der Waals surface area contributed by atoms with Gasteiger partial charge in [-0.25, -0.2) is 0 Å². The van der Waals surface area contributed by atoms with E-state index >= 15 is 0 Å². The molecule has 7 nitrogen and oxygen atoms in total. The fraction of sp³-hybridized carbons (Fsp3) is 0.562. The van der Waals surface area contributed by atoms with Gasteiger partial charge < -0.3 is 15.4 Å². The molecule has 2 unspecified atom stereocenters. The number of nitrogens with zero attached hydrogens (tertiary/aromatic N) is 2. The zero-order chi connectivity index (χ0) is 16.8. The molecule has 1 aromatic heterocycles.